The van der Waals surface area contributed by atoms with Gasteiger partial charge in [0, 0.05) is 46.3 Å². The second-order valence-electron chi connectivity index (χ2n) is 4.60. The predicted octanol–water partition coefficient (Wildman–Crippen LogP) is 2.57. The molecule has 1 aliphatic rings. The molecule has 0 aliphatic carbocycles. The van der Waals surface area contributed by atoms with E-state index in [0.717, 1.165) is 46.3 Å². The van der Waals surface area contributed by atoms with Crippen molar-refractivity contribution in [2.45, 2.75) is 13.0 Å². The number of nitrogens with two attached hydrogens (primary N) is 1. The van der Waals surface area contributed by atoms with Crippen LogP contribution in [0.1, 0.15) is 11.3 Å². The molecule has 88 valence electrons. The first-order chi connectivity index (χ1) is 8.15. The molecule has 3 nitrogen and oxygen atoms in total. The number of fused-ring (bicyclic) bond motifs is 2. The molecule has 0 saturated carbocycles. The van der Waals surface area contributed by atoms with Crippen LogP contribution >= 0.6 is 15.9 Å². The van der Waals surface area contributed by atoms with Gasteiger partial charge in [-0.1, -0.05) is 15.9 Å². The molecular formula is C13H14BrN3. The van der Waals surface area contributed by atoms with Gasteiger partial charge in [0.25, 0.3) is 0 Å². The number of likely N-dealkylation sites (N-methyl/N-ethyl adjacent to an activating group) is 1. The molecule has 3 rings (SSSR count). The Morgan fingerprint density at radius 2 is 2.24 bits per heavy atom. The summed E-state index contributed by atoms with van der Waals surface area (Å²) in [5, 5.41) is 1.05. The molecule has 0 atom stereocenters. The first-order valence-corrected chi connectivity index (χ1v) is 6.49. The van der Waals surface area contributed by atoms with Gasteiger partial charge in [0.15, 0.2) is 0 Å². The van der Waals surface area contributed by atoms with E-state index >= 15 is 0 Å². The van der Waals surface area contributed by atoms with Gasteiger partial charge in [0.2, 0.25) is 0 Å². The average molecular weight is 292 g/mol. The van der Waals surface area contributed by atoms with Crippen molar-refractivity contribution in [3.05, 3.63) is 33.9 Å². The summed E-state index contributed by atoms with van der Waals surface area (Å²) in [4.78, 5) is 7.01. The van der Waals surface area contributed by atoms with Gasteiger partial charge in [-0.2, -0.15) is 0 Å². The molecule has 1 aliphatic heterocycles. The zero-order valence-corrected chi connectivity index (χ0v) is 11.3. The maximum atomic E-state index is 6.28. The molecule has 2 N–H and O–H groups in total. The van der Waals surface area contributed by atoms with Gasteiger partial charge in [-0.05, 0) is 25.2 Å². The van der Waals surface area contributed by atoms with Crippen molar-refractivity contribution < 1.29 is 0 Å². The molecule has 0 fully saturated rings. The zero-order chi connectivity index (χ0) is 12.0. The van der Waals surface area contributed by atoms with E-state index in [4.69, 9.17) is 10.7 Å². The Kier molecular flexibility index (Phi) is 2.56. The summed E-state index contributed by atoms with van der Waals surface area (Å²) < 4.78 is 1.04. The van der Waals surface area contributed by atoms with Crippen LogP contribution in [0.5, 0.6) is 0 Å². The summed E-state index contributed by atoms with van der Waals surface area (Å²) in [5.74, 6) is 0. The summed E-state index contributed by atoms with van der Waals surface area (Å²) >= 11 is 3.48. The summed E-state index contributed by atoms with van der Waals surface area (Å²) in [6, 6.07) is 6.08. The Balaban J connectivity index is 2.29. The predicted molar refractivity (Wildman–Crippen MR) is 73.9 cm³/mol. The van der Waals surface area contributed by atoms with Crippen molar-refractivity contribution in [2.24, 2.45) is 0 Å². The lowest BCUT2D eigenvalue weighted by molar-refractivity contribution is 0.311. The number of pyridine rings is 1. The van der Waals surface area contributed by atoms with Gasteiger partial charge in [0.1, 0.15) is 0 Å². The smallest absolute Gasteiger partial charge is 0.0727 e. The van der Waals surface area contributed by atoms with Crippen molar-refractivity contribution in [3.63, 3.8) is 0 Å². The van der Waals surface area contributed by atoms with E-state index < -0.39 is 0 Å². The number of rotatable bonds is 0. The van der Waals surface area contributed by atoms with E-state index in [1.54, 1.807) is 0 Å². The van der Waals surface area contributed by atoms with E-state index in [0.29, 0.717) is 0 Å². The van der Waals surface area contributed by atoms with Gasteiger partial charge in [-0.15, -0.1) is 0 Å². The molecule has 0 saturated heterocycles. The van der Waals surface area contributed by atoms with E-state index in [1.807, 2.05) is 18.2 Å². The van der Waals surface area contributed by atoms with Crippen LogP contribution in [-0.4, -0.2) is 23.5 Å². The first-order valence-electron chi connectivity index (χ1n) is 5.70. The minimum absolute atomic E-state index is 0.887. The Bertz CT molecular complexity index is 595. The topological polar surface area (TPSA) is 42.2 Å². The van der Waals surface area contributed by atoms with Crippen LogP contribution < -0.4 is 5.73 Å². The highest BCUT2D eigenvalue weighted by Gasteiger charge is 2.19. The number of nitrogen functional groups attached to an aromatic ring is 1. The van der Waals surface area contributed by atoms with Crippen LogP contribution in [0.4, 0.5) is 5.69 Å². The van der Waals surface area contributed by atoms with Crippen molar-refractivity contribution in [1.29, 1.82) is 0 Å². The number of halogens is 1. The minimum atomic E-state index is 0.887. The van der Waals surface area contributed by atoms with E-state index in [-0.39, 0.29) is 0 Å². The van der Waals surface area contributed by atoms with Gasteiger partial charge in [-0.25, -0.2) is 0 Å². The van der Waals surface area contributed by atoms with Gasteiger partial charge in [0.05, 0.1) is 5.52 Å². The van der Waals surface area contributed by atoms with Gasteiger partial charge >= 0.3 is 0 Å². The minimum Gasteiger partial charge on any atom is -0.398 e. The molecule has 1 aromatic heterocycles. The third-order valence-corrected chi connectivity index (χ3v) is 3.83. The Labute approximate surface area is 109 Å². The zero-order valence-electron chi connectivity index (χ0n) is 9.70. The van der Waals surface area contributed by atoms with Crippen molar-refractivity contribution in [1.82, 2.24) is 9.88 Å². The molecule has 0 unspecified atom stereocenters. The van der Waals surface area contributed by atoms with Crippen molar-refractivity contribution >= 4 is 32.5 Å². The van der Waals surface area contributed by atoms with Crippen LogP contribution in [0.25, 0.3) is 10.9 Å². The summed E-state index contributed by atoms with van der Waals surface area (Å²) in [6.07, 6.45) is 0.988. The Morgan fingerprint density at radius 1 is 1.41 bits per heavy atom. The highest BCUT2D eigenvalue weighted by molar-refractivity contribution is 9.10. The molecular weight excluding hydrogens is 278 g/mol. The lowest BCUT2D eigenvalue weighted by atomic mass is 10.0. The third-order valence-electron chi connectivity index (χ3n) is 3.34. The molecule has 17 heavy (non-hydrogen) atoms. The third kappa shape index (κ3) is 1.81. The number of aromatic nitrogens is 1. The summed E-state index contributed by atoms with van der Waals surface area (Å²) in [6.45, 7) is 1.96. The summed E-state index contributed by atoms with van der Waals surface area (Å²) in [5.41, 5.74) is 10.5. The molecule has 2 heterocycles. The second kappa shape index (κ2) is 3.96. The van der Waals surface area contributed by atoms with Crippen LogP contribution in [0.15, 0.2) is 22.7 Å². The number of hydrogen-bond acceptors (Lipinski definition) is 3. The normalized spacial score (nSPS) is 16.1. The van der Waals surface area contributed by atoms with E-state index in [1.165, 1.54) is 5.56 Å². The van der Waals surface area contributed by atoms with Crippen molar-refractivity contribution in [2.75, 3.05) is 19.3 Å². The average Bonchev–Trinajstić information content (AvgIpc) is 2.32. The molecule has 0 spiro atoms. The number of hydrogen-bond donors (Lipinski definition) is 1. The van der Waals surface area contributed by atoms with Crippen molar-refractivity contribution in [3.8, 4) is 0 Å². The van der Waals surface area contributed by atoms with Crippen LogP contribution in [0, 0.1) is 0 Å². The van der Waals surface area contributed by atoms with Crippen LogP contribution in [0.2, 0.25) is 0 Å². The quantitative estimate of drug-likeness (QED) is 0.811. The molecule has 2 aromatic rings. The van der Waals surface area contributed by atoms with E-state index in [9.17, 15) is 0 Å². The maximum Gasteiger partial charge on any atom is 0.0727 e. The standard InChI is InChI=1S/C13H14BrN3/c1-17-5-4-12-10(7-17)13(15)9-6-8(14)2-3-11(9)16-12/h2-3,6H,4-5,7H2,1H3,(H2,15,16). The molecule has 0 amide bonds. The van der Waals surface area contributed by atoms with Gasteiger partial charge in [-0.3, -0.25) is 4.98 Å². The Morgan fingerprint density at radius 3 is 3.06 bits per heavy atom. The Hall–Kier alpha value is -1.13. The lowest BCUT2D eigenvalue weighted by Gasteiger charge is -2.26. The lowest BCUT2D eigenvalue weighted by Crippen LogP contribution is -2.28. The first kappa shape index (κ1) is 11.0. The highest BCUT2D eigenvalue weighted by atomic mass is 79.9. The monoisotopic (exact) mass is 291 g/mol. The van der Waals surface area contributed by atoms with Crippen LogP contribution in [0.3, 0.4) is 0 Å². The molecule has 0 radical (unpaired) electrons. The summed E-state index contributed by atoms with van der Waals surface area (Å²) in [7, 11) is 2.12. The fraction of sp³-hybridized carbons (Fsp3) is 0.308. The number of nitrogens with zero attached hydrogens (tertiary/aromatic N) is 2. The number of anilines is 1. The van der Waals surface area contributed by atoms with E-state index in [2.05, 4.69) is 27.9 Å². The number of benzene rings is 1. The fourth-order valence-corrected chi connectivity index (χ4v) is 2.74. The second-order valence-corrected chi connectivity index (χ2v) is 5.52. The molecule has 4 heteroatoms. The SMILES string of the molecule is CN1CCc2nc3ccc(Br)cc3c(N)c2C1. The largest absolute Gasteiger partial charge is 0.398 e. The van der Waals surface area contributed by atoms with Crippen LogP contribution in [-0.2, 0) is 13.0 Å². The maximum absolute atomic E-state index is 6.28. The fourth-order valence-electron chi connectivity index (χ4n) is 2.38. The van der Waals surface area contributed by atoms with Gasteiger partial charge < -0.3 is 10.6 Å². The molecule has 1 aromatic carbocycles. The molecule has 0 bridgehead atoms. The highest BCUT2D eigenvalue weighted by Crippen LogP contribution is 2.31.